The molecule has 0 unspecified atom stereocenters. The Bertz CT molecular complexity index is 757. The lowest BCUT2D eigenvalue weighted by Crippen LogP contribution is -2.35. The topological polar surface area (TPSA) is 92.1 Å². The molecule has 2 aromatic rings. The summed E-state index contributed by atoms with van der Waals surface area (Å²) in [6.45, 7) is 2.16. The number of nitrogen functional groups attached to an aromatic ring is 1. The van der Waals surface area contributed by atoms with Gasteiger partial charge in [-0.25, -0.2) is 8.42 Å². The van der Waals surface area contributed by atoms with Crippen LogP contribution in [-0.2, 0) is 16.4 Å². The van der Waals surface area contributed by atoms with Gasteiger partial charge >= 0.3 is 0 Å². The van der Waals surface area contributed by atoms with Crippen LogP contribution in [0.15, 0.2) is 29.3 Å². The molecule has 8 heteroatoms. The number of aromatic amines is 1. The molecule has 1 aliphatic rings. The number of aromatic nitrogens is 2. The van der Waals surface area contributed by atoms with Crippen molar-refractivity contribution >= 4 is 33.8 Å². The van der Waals surface area contributed by atoms with Crippen molar-refractivity contribution in [1.29, 1.82) is 0 Å². The Kier molecular flexibility index (Phi) is 4.15. The largest absolute Gasteiger partial charge is 0.398 e. The standard InChI is InChI=1S/C13H16N4O2S.ClH/c1-9-13(8-15-16-9)20(18,19)17-7-3-4-10-11(14)5-2-6-12(10)17;/h2,5-6,8H,3-4,7,14H2,1H3,(H,15,16);1H. The second-order valence-electron chi connectivity index (χ2n) is 4.88. The Morgan fingerprint density at radius 2 is 2.14 bits per heavy atom. The van der Waals surface area contributed by atoms with Crippen LogP contribution in [0.4, 0.5) is 11.4 Å². The van der Waals surface area contributed by atoms with Gasteiger partial charge in [0.15, 0.2) is 0 Å². The number of fused-ring (bicyclic) bond motifs is 1. The molecular formula is C13H17ClN4O2S. The smallest absolute Gasteiger partial charge is 0.267 e. The minimum atomic E-state index is -3.60. The number of aryl methyl sites for hydroxylation is 1. The summed E-state index contributed by atoms with van der Waals surface area (Å²) >= 11 is 0. The number of rotatable bonds is 2. The van der Waals surface area contributed by atoms with E-state index in [-0.39, 0.29) is 17.3 Å². The van der Waals surface area contributed by atoms with E-state index < -0.39 is 10.0 Å². The molecule has 0 spiro atoms. The summed E-state index contributed by atoms with van der Waals surface area (Å²) in [5.74, 6) is 0. The monoisotopic (exact) mass is 328 g/mol. The fourth-order valence-electron chi connectivity index (χ4n) is 2.59. The van der Waals surface area contributed by atoms with E-state index in [2.05, 4.69) is 10.2 Å². The van der Waals surface area contributed by atoms with Gasteiger partial charge in [-0.3, -0.25) is 9.40 Å². The Hall–Kier alpha value is -1.73. The van der Waals surface area contributed by atoms with Gasteiger partial charge in [0.2, 0.25) is 0 Å². The van der Waals surface area contributed by atoms with E-state index in [1.165, 1.54) is 10.5 Å². The lowest BCUT2D eigenvalue weighted by atomic mass is 10.0. The van der Waals surface area contributed by atoms with Crippen molar-refractivity contribution in [1.82, 2.24) is 10.2 Å². The van der Waals surface area contributed by atoms with Gasteiger partial charge in [0.25, 0.3) is 10.0 Å². The SMILES string of the molecule is Cc1[nH]ncc1S(=O)(=O)N1CCCc2c(N)cccc21.Cl. The summed E-state index contributed by atoms with van der Waals surface area (Å²) in [6.07, 6.45) is 2.92. The molecule has 21 heavy (non-hydrogen) atoms. The third-order valence-electron chi connectivity index (χ3n) is 3.60. The third-order valence-corrected chi connectivity index (χ3v) is 5.52. The first-order valence-corrected chi connectivity index (χ1v) is 7.86. The van der Waals surface area contributed by atoms with Crippen LogP contribution in [0, 0.1) is 6.92 Å². The number of nitrogens with two attached hydrogens (primary N) is 1. The van der Waals surface area contributed by atoms with Crippen molar-refractivity contribution in [3.05, 3.63) is 35.7 Å². The number of benzene rings is 1. The van der Waals surface area contributed by atoms with E-state index in [1.54, 1.807) is 25.1 Å². The average molecular weight is 329 g/mol. The van der Waals surface area contributed by atoms with E-state index in [0.717, 1.165) is 18.4 Å². The number of nitrogens with zero attached hydrogens (tertiary/aromatic N) is 2. The van der Waals surface area contributed by atoms with E-state index in [1.807, 2.05) is 0 Å². The van der Waals surface area contributed by atoms with Gasteiger partial charge in [0.05, 0.1) is 17.6 Å². The number of sulfonamides is 1. The zero-order valence-electron chi connectivity index (χ0n) is 11.5. The normalized spacial score (nSPS) is 14.4. The molecule has 6 nitrogen and oxygen atoms in total. The van der Waals surface area contributed by atoms with Crippen LogP contribution in [0.3, 0.4) is 0 Å². The maximum absolute atomic E-state index is 12.8. The van der Waals surface area contributed by atoms with E-state index in [0.29, 0.717) is 23.6 Å². The highest BCUT2D eigenvalue weighted by atomic mass is 35.5. The second-order valence-corrected chi connectivity index (χ2v) is 6.72. The molecule has 1 aromatic carbocycles. The molecule has 3 N–H and O–H groups in total. The molecule has 0 amide bonds. The Morgan fingerprint density at radius 1 is 1.38 bits per heavy atom. The number of hydrogen-bond donors (Lipinski definition) is 2. The highest BCUT2D eigenvalue weighted by Crippen LogP contribution is 2.35. The maximum Gasteiger partial charge on any atom is 0.267 e. The Morgan fingerprint density at radius 3 is 2.81 bits per heavy atom. The van der Waals surface area contributed by atoms with Crippen molar-refractivity contribution in [2.75, 3.05) is 16.6 Å². The summed E-state index contributed by atoms with van der Waals surface area (Å²) < 4.78 is 27.0. The molecule has 0 fully saturated rings. The lowest BCUT2D eigenvalue weighted by Gasteiger charge is -2.30. The van der Waals surface area contributed by atoms with Crippen molar-refractivity contribution in [3.63, 3.8) is 0 Å². The molecule has 0 bridgehead atoms. The van der Waals surface area contributed by atoms with Crippen LogP contribution < -0.4 is 10.0 Å². The molecule has 3 rings (SSSR count). The van der Waals surface area contributed by atoms with Gasteiger partial charge in [-0.05, 0) is 37.5 Å². The fourth-order valence-corrected chi connectivity index (χ4v) is 4.24. The quantitative estimate of drug-likeness (QED) is 0.823. The lowest BCUT2D eigenvalue weighted by molar-refractivity contribution is 0.586. The van der Waals surface area contributed by atoms with Crippen LogP contribution in [0.2, 0.25) is 0 Å². The predicted octanol–water partition coefficient (Wildman–Crippen LogP) is 1.86. The number of halogens is 1. The molecule has 0 saturated carbocycles. The molecule has 2 heterocycles. The van der Waals surface area contributed by atoms with Gasteiger partial charge in [-0.2, -0.15) is 5.10 Å². The first-order valence-electron chi connectivity index (χ1n) is 6.42. The van der Waals surface area contributed by atoms with Crippen molar-refractivity contribution < 1.29 is 8.42 Å². The maximum atomic E-state index is 12.8. The first-order chi connectivity index (χ1) is 9.51. The zero-order chi connectivity index (χ0) is 14.3. The van der Waals surface area contributed by atoms with Crippen LogP contribution in [0.5, 0.6) is 0 Å². The van der Waals surface area contributed by atoms with Gasteiger partial charge < -0.3 is 5.73 Å². The average Bonchev–Trinajstić information content (AvgIpc) is 2.85. The molecule has 0 atom stereocenters. The molecular weight excluding hydrogens is 312 g/mol. The van der Waals surface area contributed by atoms with Crippen molar-refractivity contribution in [2.45, 2.75) is 24.7 Å². The first kappa shape index (κ1) is 15.7. The highest BCUT2D eigenvalue weighted by Gasteiger charge is 2.31. The molecule has 1 aromatic heterocycles. The molecule has 0 aliphatic carbocycles. The highest BCUT2D eigenvalue weighted by molar-refractivity contribution is 7.92. The van der Waals surface area contributed by atoms with E-state index >= 15 is 0 Å². The van der Waals surface area contributed by atoms with Gasteiger partial charge in [-0.1, -0.05) is 6.07 Å². The predicted molar refractivity (Wildman–Crippen MR) is 84.3 cm³/mol. The third kappa shape index (κ3) is 2.47. The van der Waals surface area contributed by atoms with Crippen LogP contribution in [-0.4, -0.2) is 25.2 Å². The van der Waals surface area contributed by atoms with Crippen molar-refractivity contribution in [3.8, 4) is 0 Å². The summed E-state index contributed by atoms with van der Waals surface area (Å²) in [4.78, 5) is 0.216. The number of hydrogen-bond acceptors (Lipinski definition) is 4. The summed E-state index contributed by atoms with van der Waals surface area (Å²) in [5, 5.41) is 6.47. The number of nitrogens with one attached hydrogen (secondary N) is 1. The second kappa shape index (κ2) is 5.57. The molecule has 114 valence electrons. The number of H-pyrrole nitrogens is 1. The van der Waals surface area contributed by atoms with Gasteiger partial charge in [0, 0.05) is 12.2 Å². The molecule has 0 saturated heterocycles. The van der Waals surface area contributed by atoms with Gasteiger partial charge in [0.1, 0.15) is 4.90 Å². The molecule has 0 radical (unpaired) electrons. The molecule has 1 aliphatic heterocycles. The Balaban J connectivity index is 0.00000161. The summed E-state index contributed by atoms with van der Waals surface area (Å²) in [6, 6.07) is 5.39. The zero-order valence-corrected chi connectivity index (χ0v) is 13.2. The van der Waals surface area contributed by atoms with Crippen LogP contribution >= 0.6 is 12.4 Å². The van der Waals surface area contributed by atoms with Gasteiger partial charge in [-0.15, -0.1) is 12.4 Å². The number of anilines is 2. The van der Waals surface area contributed by atoms with Crippen LogP contribution in [0.25, 0.3) is 0 Å². The summed E-state index contributed by atoms with van der Waals surface area (Å²) in [7, 11) is -3.60. The minimum Gasteiger partial charge on any atom is -0.398 e. The van der Waals surface area contributed by atoms with E-state index in [4.69, 9.17) is 5.73 Å². The minimum absolute atomic E-state index is 0. The van der Waals surface area contributed by atoms with E-state index in [9.17, 15) is 8.42 Å². The summed E-state index contributed by atoms with van der Waals surface area (Å²) in [5.41, 5.74) is 8.73. The Labute approximate surface area is 129 Å². The fraction of sp³-hybridized carbons (Fsp3) is 0.308. The van der Waals surface area contributed by atoms with Crippen molar-refractivity contribution in [2.24, 2.45) is 0 Å². The van der Waals surface area contributed by atoms with Crippen LogP contribution in [0.1, 0.15) is 17.7 Å².